The van der Waals surface area contributed by atoms with Gasteiger partial charge in [0, 0.05) is 27.8 Å². The lowest BCUT2D eigenvalue weighted by Gasteiger charge is -2.26. The zero-order chi connectivity index (χ0) is 34.4. The number of hydrogen-bond acceptors (Lipinski definition) is 2. The third-order valence-corrected chi connectivity index (χ3v) is 10.3. The maximum absolute atomic E-state index is 6.21. The van der Waals surface area contributed by atoms with Crippen LogP contribution >= 0.6 is 0 Å². The molecule has 1 heterocycles. The summed E-state index contributed by atoms with van der Waals surface area (Å²) in [6, 6.07) is 71.7. The van der Waals surface area contributed by atoms with Gasteiger partial charge in [-0.3, -0.25) is 0 Å². The minimum absolute atomic E-state index is 0.918. The van der Waals surface area contributed by atoms with Crippen molar-refractivity contribution in [3.8, 4) is 33.4 Å². The molecule has 0 unspecified atom stereocenters. The lowest BCUT2D eigenvalue weighted by atomic mass is 9.97. The number of hydrogen-bond donors (Lipinski definition) is 0. The van der Waals surface area contributed by atoms with Gasteiger partial charge in [-0.2, -0.15) is 0 Å². The molecule has 0 fully saturated rings. The van der Waals surface area contributed by atoms with Crippen molar-refractivity contribution in [2.24, 2.45) is 0 Å². The molecule has 2 nitrogen and oxygen atoms in total. The lowest BCUT2D eigenvalue weighted by Crippen LogP contribution is -2.09. The van der Waals surface area contributed by atoms with Gasteiger partial charge in [-0.1, -0.05) is 146 Å². The van der Waals surface area contributed by atoms with E-state index in [2.05, 4.69) is 193 Å². The average Bonchev–Trinajstić information content (AvgIpc) is 3.61. The predicted octanol–water partition coefficient (Wildman–Crippen LogP) is 14.4. The summed E-state index contributed by atoms with van der Waals surface area (Å²) in [7, 11) is 0. The second-order valence-electron chi connectivity index (χ2n) is 13.3. The zero-order valence-electron chi connectivity index (χ0n) is 28.4. The molecule has 244 valence electrons. The summed E-state index contributed by atoms with van der Waals surface area (Å²) in [5.74, 6) is 0. The van der Waals surface area contributed by atoms with Crippen molar-refractivity contribution in [3.05, 3.63) is 200 Å². The summed E-state index contributed by atoms with van der Waals surface area (Å²) < 4.78 is 6.21. The fourth-order valence-corrected chi connectivity index (χ4v) is 7.67. The predicted molar refractivity (Wildman–Crippen MR) is 220 cm³/mol. The van der Waals surface area contributed by atoms with Gasteiger partial charge in [-0.05, 0) is 110 Å². The standard InChI is InChI=1S/C50H33NO/c1-2-9-34(10-3-1)35-19-26-41(27-20-35)51(43-30-23-38(24-31-43)45-15-8-12-37-11-4-5-13-44(37)45)42-28-21-36(22-29-42)40-18-17-39-25-32-49-50(47(39)33-40)46-14-6-7-16-48(46)52-49/h1-33H. The molecule has 0 atom stereocenters. The van der Waals surface area contributed by atoms with Gasteiger partial charge < -0.3 is 9.32 Å². The Morgan fingerprint density at radius 3 is 1.56 bits per heavy atom. The molecule has 0 aliphatic heterocycles. The van der Waals surface area contributed by atoms with Crippen molar-refractivity contribution in [2.75, 3.05) is 4.90 Å². The van der Waals surface area contributed by atoms with Crippen LogP contribution in [0.4, 0.5) is 17.1 Å². The highest BCUT2D eigenvalue weighted by Gasteiger charge is 2.15. The van der Waals surface area contributed by atoms with Gasteiger partial charge in [0.25, 0.3) is 0 Å². The Morgan fingerprint density at radius 2 is 0.827 bits per heavy atom. The summed E-state index contributed by atoms with van der Waals surface area (Å²) >= 11 is 0. The molecule has 0 aliphatic carbocycles. The number of furan rings is 1. The molecule has 0 amide bonds. The summed E-state index contributed by atoms with van der Waals surface area (Å²) in [6.07, 6.45) is 0. The maximum atomic E-state index is 6.21. The van der Waals surface area contributed by atoms with Crippen LogP contribution in [0.1, 0.15) is 0 Å². The second-order valence-corrected chi connectivity index (χ2v) is 13.3. The lowest BCUT2D eigenvalue weighted by molar-refractivity contribution is 0.669. The van der Waals surface area contributed by atoms with E-state index in [1.54, 1.807) is 0 Å². The van der Waals surface area contributed by atoms with E-state index in [0.717, 1.165) is 33.6 Å². The molecule has 52 heavy (non-hydrogen) atoms. The molecule has 0 N–H and O–H groups in total. The number of fused-ring (bicyclic) bond motifs is 6. The van der Waals surface area contributed by atoms with Crippen molar-refractivity contribution in [2.45, 2.75) is 0 Å². The third kappa shape index (κ3) is 5.21. The van der Waals surface area contributed by atoms with Crippen LogP contribution < -0.4 is 4.90 Å². The Balaban J connectivity index is 1.05. The largest absolute Gasteiger partial charge is 0.456 e. The third-order valence-electron chi connectivity index (χ3n) is 10.3. The highest BCUT2D eigenvalue weighted by molar-refractivity contribution is 6.19. The molecule has 0 aliphatic rings. The normalized spacial score (nSPS) is 11.5. The number of nitrogens with zero attached hydrogens (tertiary/aromatic N) is 1. The van der Waals surface area contributed by atoms with E-state index >= 15 is 0 Å². The Kier molecular flexibility index (Phi) is 7.18. The van der Waals surface area contributed by atoms with Crippen molar-refractivity contribution in [1.82, 2.24) is 0 Å². The van der Waals surface area contributed by atoms with E-state index in [9.17, 15) is 0 Å². The van der Waals surface area contributed by atoms with Gasteiger partial charge in [0.15, 0.2) is 0 Å². The van der Waals surface area contributed by atoms with Gasteiger partial charge >= 0.3 is 0 Å². The average molecular weight is 664 g/mol. The summed E-state index contributed by atoms with van der Waals surface area (Å²) in [5, 5.41) is 7.24. The Bertz CT molecular complexity index is 2860. The number of para-hydroxylation sites is 1. The molecular weight excluding hydrogens is 631 g/mol. The van der Waals surface area contributed by atoms with Gasteiger partial charge in [-0.25, -0.2) is 0 Å². The van der Waals surface area contributed by atoms with Crippen molar-refractivity contribution < 1.29 is 4.42 Å². The Labute approximate surface area is 302 Å². The number of benzene rings is 9. The topological polar surface area (TPSA) is 16.4 Å². The van der Waals surface area contributed by atoms with Crippen molar-refractivity contribution >= 4 is 60.5 Å². The highest BCUT2D eigenvalue weighted by atomic mass is 16.3. The smallest absolute Gasteiger partial charge is 0.136 e. The van der Waals surface area contributed by atoms with Crippen LogP contribution in [0.2, 0.25) is 0 Å². The fourth-order valence-electron chi connectivity index (χ4n) is 7.67. The fraction of sp³-hybridized carbons (Fsp3) is 0. The first-order valence-corrected chi connectivity index (χ1v) is 17.8. The van der Waals surface area contributed by atoms with Crippen LogP contribution in [-0.4, -0.2) is 0 Å². The Hall–Kier alpha value is -6.90. The number of anilines is 3. The van der Waals surface area contributed by atoms with Gasteiger partial charge in [0.2, 0.25) is 0 Å². The van der Waals surface area contributed by atoms with Crippen LogP contribution in [0, 0.1) is 0 Å². The molecule has 0 spiro atoms. The zero-order valence-corrected chi connectivity index (χ0v) is 28.4. The van der Waals surface area contributed by atoms with E-state index in [-0.39, 0.29) is 0 Å². The first-order chi connectivity index (χ1) is 25.8. The minimum atomic E-state index is 0.918. The molecule has 0 bridgehead atoms. The van der Waals surface area contributed by atoms with Crippen LogP contribution in [0.5, 0.6) is 0 Å². The van der Waals surface area contributed by atoms with Crippen LogP contribution in [0.3, 0.4) is 0 Å². The van der Waals surface area contributed by atoms with E-state index in [4.69, 9.17) is 4.42 Å². The molecule has 2 heteroatoms. The van der Waals surface area contributed by atoms with Crippen LogP contribution in [0.15, 0.2) is 205 Å². The molecule has 1 aromatic heterocycles. The molecule has 10 aromatic rings. The van der Waals surface area contributed by atoms with Crippen LogP contribution in [-0.2, 0) is 0 Å². The van der Waals surface area contributed by atoms with E-state index in [1.165, 1.54) is 60.3 Å². The van der Waals surface area contributed by atoms with Crippen molar-refractivity contribution in [1.29, 1.82) is 0 Å². The van der Waals surface area contributed by atoms with Crippen molar-refractivity contribution in [3.63, 3.8) is 0 Å². The second kappa shape index (κ2) is 12.5. The first kappa shape index (κ1) is 30.0. The summed E-state index contributed by atoms with van der Waals surface area (Å²) in [4.78, 5) is 2.34. The minimum Gasteiger partial charge on any atom is -0.456 e. The van der Waals surface area contributed by atoms with E-state index < -0.39 is 0 Å². The van der Waals surface area contributed by atoms with Gasteiger partial charge in [0.1, 0.15) is 11.2 Å². The quantitative estimate of drug-likeness (QED) is 0.176. The molecule has 0 saturated carbocycles. The maximum Gasteiger partial charge on any atom is 0.136 e. The Morgan fingerprint density at radius 1 is 0.308 bits per heavy atom. The monoisotopic (exact) mass is 663 g/mol. The van der Waals surface area contributed by atoms with Gasteiger partial charge in [0.05, 0.1) is 0 Å². The SMILES string of the molecule is c1ccc(-c2ccc(N(c3ccc(-c4ccc5ccc6oc7ccccc7c6c5c4)cc3)c3ccc(-c4cccc5ccccc45)cc3)cc2)cc1. The molecular formula is C50H33NO. The summed E-state index contributed by atoms with van der Waals surface area (Å²) in [5.41, 5.74) is 12.3. The first-order valence-electron chi connectivity index (χ1n) is 17.8. The molecule has 0 saturated heterocycles. The van der Waals surface area contributed by atoms with Gasteiger partial charge in [-0.15, -0.1) is 0 Å². The highest BCUT2D eigenvalue weighted by Crippen LogP contribution is 2.40. The number of rotatable bonds is 6. The van der Waals surface area contributed by atoms with E-state index in [1.807, 2.05) is 12.1 Å². The molecule has 0 radical (unpaired) electrons. The summed E-state index contributed by atoms with van der Waals surface area (Å²) in [6.45, 7) is 0. The molecule has 10 rings (SSSR count). The van der Waals surface area contributed by atoms with Crippen LogP contribution in [0.25, 0.3) is 76.9 Å². The van der Waals surface area contributed by atoms with E-state index in [0.29, 0.717) is 0 Å². The molecule has 9 aromatic carbocycles.